The normalized spacial score (nSPS) is 14.6. The van der Waals surface area contributed by atoms with Crippen LogP contribution in [0.5, 0.6) is 0 Å². The van der Waals surface area contributed by atoms with Crippen molar-refractivity contribution in [3.63, 3.8) is 0 Å². The van der Waals surface area contributed by atoms with Crippen LogP contribution in [-0.2, 0) is 0 Å². The predicted molar refractivity (Wildman–Crippen MR) is 68.2 cm³/mol. The lowest BCUT2D eigenvalue weighted by Crippen LogP contribution is -2.29. The SMILES string of the molecule is O=[N+]([O-])c1cc(F)c(Br)cc1N(CCO)C1CC1. The van der Waals surface area contributed by atoms with E-state index in [0.29, 0.717) is 12.2 Å². The molecule has 1 fully saturated rings. The number of rotatable bonds is 5. The fourth-order valence-electron chi connectivity index (χ4n) is 1.90. The topological polar surface area (TPSA) is 66.6 Å². The Balaban J connectivity index is 2.45. The van der Waals surface area contributed by atoms with E-state index in [1.165, 1.54) is 6.07 Å². The molecule has 0 atom stereocenters. The van der Waals surface area contributed by atoms with Crippen molar-refractivity contribution in [3.05, 3.63) is 32.5 Å². The molecule has 7 heteroatoms. The van der Waals surface area contributed by atoms with Crippen LogP contribution in [0.1, 0.15) is 12.8 Å². The van der Waals surface area contributed by atoms with Crippen LogP contribution in [0.15, 0.2) is 16.6 Å². The van der Waals surface area contributed by atoms with Crippen LogP contribution >= 0.6 is 15.9 Å². The average Bonchev–Trinajstić information content (AvgIpc) is 3.13. The highest BCUT2D eigenvalue weighted by molar-refractivity contribution is 9.10. The van der Waals surface area contributed by atoms with Gasteiger partial charge >= 0.3 is 0 Å². The van der Waals surface area contributed by atoms with Gasteiger partial charge in [-0.05, 0) is 34.8 Å². The molecule has 0 heterocycles. The number of nitro groups is 1. The summed E-state index contributed by atoms with van der Waals surface area (Å²) in [6.07, 6.45) is 1.87. The number of hydrogen-bond acceptors (Lipinski definition) is 4. The van der Waals surface area contributed by atoms with Gasteiger partial charge in [-0.25, -0.2) is 4.39 Å². The van der Waals surface area contributed by atoms with Crippen molar-refractivity contribution in [3.8, 4) is 0 Å². The molecule has 98 valence electrons. The lowest BCUT2D eigenvalue weighted by Gasteiger charge is -2.23. The van der Waals surface area contributed by atoms with Crippen LogP contribution in [0.2, 0.25) is 0 Å². The first-order valence-electron chi connectivity index (χ1n) is 5.55. The summed E-state index contributed by atoms with van der Waals surface area (Å²) in [5.41, 5.74) is 0.0841. The van der Waals surface area contributed by atoms with Crippen LogP contribution in [0.4, 0.5) is 15.8 Å². The van der Waals surface area contributed by atoms with E-state index >= 15 is 0 Å². The molecule has 0 aromatic heterocycles. The molecule has 0 aliphatic heterocycles. The monoisotopic (exact) mass is 318 g/mol. The molecular formula is C11H12BrFN2O3. The van der Waals surface area contributed by atoms with Crippen molar-refractivity contribution in [2.24, 2.45) is 0 Å². The second-order valence-corrected chi connectivity index (χ2v) is 5.01. The van der Waals surface area contributed by atoms with Crippen molar-refractivity contribution in [2.75, 3.05) is 18.1 Å². The van der Waals surface area contributed by atoms with Crippen LogP contribution in [0, 0.1) is 15.9 Å². The van der Waals surface area contributed by atoms with Gasteiger partial charge < -0.3 is 10.0 Å². The fourth-order valence-corrected chi connectivity index (χ4v) is 2.23. The largest absolute Gasteiger partial charge is 0.395 e. The zero-order valence-corrected chi connectivity index (χ0v) is 11.1. The maximum atomic E-state index is 13.4. The number of aliphatic hydroxyl groups excluding tert-OH is 1. The van der Waals surface area contributed by atoms with Crippen LogP contribution in [-0.4, -0.2) is 29.2 Å². The second-order valence-electron chi connectivity index (χ2n) is 4.16. The van der Waals surface area contributed by atoms with Crippen molar-refractivity contribution in [2.45, 2.75) is 18.9 Å². The standard InChI is InChI=1S/C11H12BrFN2O3/c12-8-5-10(11(15(17)18)6-9(8)13)14(3-4-16)7-1-2-7/h5-7,16H,1-4H2. The Morgan fingerprint density at radius 2 is 2.22 bits per heavy atom. The second kappa shape index (κ2) is 5.19. The molecule has 1 saturated carbocycles. The minimum atomic E-state index is -0.662. The molecule has 0 saturated heterocycles. The molecule has 5 nitrogen and oxygen atoms in total. The summed E-state index contributed by atoms with van der Waals surface area (Å²) in [5, 5.41) is 20.0. The van der Waals surface area contributed by atoms with Crippen molar-refractivity contribution < 1.29 is 14.4 Å². The highest BCUT2D eigenvalue weighted by atomic mass is 79.9. The number of hydrogen-bond donors (Lipinski definition) is 1. The summed E-state index contributed by atoms with van der Waals surface area (Å²) in [5.74, 6) is -0.662. The number of aliphatic hydroxyl groups is 1. The Kier molecular flexibility index (Phi) is 3.82. The van der Waals surface area contributed by atoms with Gasteiger partial charge in [-0.2, -0.15) is 0 Å². The zero-order valence-electron chi connectivity index (χ0n) is 9.47. The maximum Gasteiger partial charge on any atom is 0.295 e. The van der Waals surface area contributed by atoms with E-state index in [2.05, 4.69) is 15.9 Å². The first kappa shape index (κ1) is 13.2. The smallest absolute Gasteiger partial charge is 0.295 e. The van der Waals surface area contributed by atoms with E-state index in [1.54, 1.807) is 4.90 Å². The van der Waals surface area contributed by atoms with E-state index in [9.17, 15) is 14.5 Å². The summed E-state index contributed by atoms with van der Waals surface area (Å²) in [7, 11) is 0. The van der Waals surface area contributed by atoms with Gasteiger partial charge in [0.25, 0.3) is 5.69 Å². The average molecular weight is 319 g/mol. The molecular weight excluding hydrogens is 307 g/mol. The third kappa shape index (κ3) is 2.62. The number of benzene rings is 1. The third-order valence-corrected chi connectivity index (χ3v) is 3.46. The summed E-state index contributed by atoms with van der Waals surface area (Å²) in [6.45, 7) is 0.215. The predicted octanol–water partition coefficient (Wildman–Crippen LogP) is 2.46. The van der Waals surface area contributed by atoms with Gasteiger partial charge in [-0.15, -0.1) is 0 Å². The number of anilines is 1. The Morgan fingerprint density at radius 3 is 2.72 bits per heavy atom. The van der Waals surface area contributed by atoms with Crippen molar-refractivity contribution >= 4 is 27.3 Å². The molecule has 1 aliphatic carbocycles. The molecule has 1 aliphatic rings. The zero-order chi connectivity index (χ0) is 13.3. The van der Waals surface area contributed by atoms with E-state index in [4.69, 9.17) is 5.11 Å². The van der Waals surface area contributed by atoms with E-state index in [1.807, 2.05) is 0 Å². The summed E-state index contributed by atoms with van der Waals surface area (Å²) in [4.78, 5) is 12.1. The minimum Gasteiger partial charge on any atom is -0.395 e. The molecule has 0 radical (unpaired) electrons. The number of nitrogens with zero attached hydrogens (tertiary/aromatic N) is 2. The number of nitro benzene ring substituents is 1. The molecule has 0 bridgehead atoms. The summed E-state index contributed by atoms with van der Waals surface area (Å²) >= 11 is 3.03. The Labute approximate surface area is 111 Å². The molecule has 0 spiro atoms. The van der Waals surface area contributed by atoms with Gasteiger partial charge in [0.1, 0.15) is 11.5 Å². The third-order valence-electron chi connectivity index (χ3n) is 2.85. The quantitative estimate of drug-likeness (QED) is 0.669. The first-order chi connectivity index (χ1) is 8.54. The molecule has 2 rings (SSSR count). The van der Waals surface area contributed by atoms with Crippen molar-refractivity contribution in [1.29, 1.82) is 0 Å². The Bertz CT molecular complexity index is 480. The highest BCUT2D eigenvalue weighted by Gasteiger charge is 2.33. The van der Waals surface area contributed by atoms with Crippen molar-refractivity contribution in [1.82, 2.24) is 0 Å². The van der Waals surface area contributed by atoms with E-state index in [0.717, 1.165) is 18.9 Å². The van der Waals surface area contributed by atoms with Gasteiger partial charge in [0.05, 0.1) is 22.1 Å². The Hall–Kier alpha value is -1.21. The number of halogens is 2. The van der Waals surface area contributed by atoms with Crippen LogP contribution in [0.25, 0.3) is 0 Å². The summed E-state index contributed by atoms with van der Waals surface area (Å²) in [6, 6.07) is 2.52. The summed E-state index contributed by atoms with van der Waals surface area (Å²) < 4.78 is 13.6. The van der Waals surface area contributed by atoms with Gasteiger partial charge in [-0.3, -0.25) is 10.1 Å². The molecule has 1 N–H and O–H groups in total. The first-order valence-corrected chi connectivity index (χ1v) is 6.35. The molecule has 1 aromatic rings. The highest BCUT2D eigenvalue weighted by Crippen LogP contribution is 2.39. The van der Waals surface area contributed by atoms with Gasteiger partial charge in [0.15, 0.2) is 0 Å². The van der Waals surface area contributed by atoms with Crippen LogP contribution in [0.3, 0.4) is 0 Å². The lowest BCUT2D eigenvalue weighted by atomic mass is 10.2. The molecule has 0 unspecified atom stereocenters. The van der Waals surface area contributed by atoms with E-state index < -0.39 is 10.7 Å². The van der Waals surface area contributed by atoms with Gasteiger partial charge in [0.2, 0.25) is 0 Å². The molecule has 18 heavy (non-hydrogen) atoms. The maximum absolute atomic E-state index is 13.4. The molecule has 0 amide bonds. The van der Waals surface area contributed by atoms with Gasteiger partial charge in [-0.1, -0.05) is 0 Å². The van der Waals surface area contributed by atoms with Crippen LogP contribution < -0.4 is 4.90 Å². The molecule has 1 aromatic carbocycles. The fraction of sp³-hybridized carbons (Fsp3) is 0.455. The lowest BCUT2D eigenvalue weighted by molar-refractivity contribution is -0.384. The Morgan fingerprint density at radius 1 is 1.56 bits per heavy atom. The minimum absolute atomic E-state index is 0.0946. The van der Waals surface area contributed by atoms with Gasteiger partial charge in [0, 0.05) is 12.6 Å². The van der Waals surface area contributed by atoms with E-state index in [-0.39, 0.29) is 22.8 Å².